The summed E-state index contributed by atoms with van der Waals surface area (Å²) in [5, 5.41) is 12.0. The largest absolute Gasteiger partial charge is 0.481 e. The highest BCUT2D eigenvalue weighted by molar-refractivity contribution is 6.31. The zero-order valence-electron chi connectivity index (χ0n) is 11.5. The molecule has 2 aromatic rings. The Morgan fingerprint density at radius 1 is 1.29 bits per heavy atom. The lowest BCUT2D eigenvalue weighted by Gasteiger charge is -2.08. The Morgan fingerprint density at radius 3 is 2.52 bits per heavy atom. The van der Waals surface area contributed by atoms with Crippen molar-refractivity contribution in [2.24, 2.45) is 0 Å². The summed E-state index contributed by atoms with van der Waals surface area (Å²) in [4.78, 5) is 22.8. The van der Waals surface area contributed by atoms with Gasteiger partial charge >= 0.3 is 5.97 Å². The molecule has 6 heteroatoms. The highest BCUT2D eigenvalue weighted by atomic mass is 35.5. The fraction of sp³-hybridized carbons (Fsp3) is 0.200. The summed E-state index contributed by atoms with van der Waals surface area (Å²) < 4.78 is 1.76. The zero-order valence-corrected chi connectivity index (χ0v) is 12.2. The van der Waals surface area contributed by atoms with Gasteiger partial charge in [0.25, 0.3) is 5.91 Å². The van der Waals surface area contributed by atoms with E-state index in [0.717, 1.165) is 0 Å². The van der Waals surface area contributed by atoms with E-state index in [1.54, 1.807) is 41.1 Å². The van der Waals surface area contributed by atoms with Crippen molar-refractivity contribution in [2.75, 3.05) is 5.32 Å². The molecule has 1 heterocycles. The Morgan fingerprint density at radius 2 is 1.95 bits per heavy atom. The summed E-state index contributed by atoms with van der Waals surface area (Å²) in [6, 6.07) is 8.32. The second-order valence-electron chi connectivity index (χ2n) is 4.55. The van der Waals surface area contributed by atoms with Crippen molar-refractivity contribution in [1.82, 2.24) is 4.57 Å². The van der Waals surface area contributed by atoms with Crippen LogP contribution in [0.15, 0.2) is 36.5 Å². The number of benzene rings is 1. The van der Waals surface area contributed by atoms with Crippen LogP contribution in [-0.2, 0) is 17.8 Å². The highest BCUT2D eigenvalue weighted by Crippen LogP contribution is 2.17. The van der Waals surface area contributed by atoms with Crippen LogP contribution in [0, 0.1) is 0 Å². The van der Waals surface area contributed by atoms with Crippen LogP contribution >= 0.6 is 11.6 Å². The molecular formula is C15H15ClN2O3. The lowest BCUT2D eigenvalue weighted by atomic mass is 10.1. The number of aromatic nitrogens is 1. The zero-order chi connectivity index (χ0) is 15.4. The minimum absolute atomic E-state index is 0.0392. The molecular weight excluding hydrogens is 292 g/mol. The highest BCUT2D eigenvalue weighted by Gasteiger charge is 2.12. The van der Waals surface area contributed by atoms with E-state index < -0.39 is 5.97 Å². The van der Waals surface area contributed by atoms with Gasteiger partial charge in [-0.3, -0.25) is 9.59 Å². The lowest BCUT2D eigenvalue weighted by Crippen LogP contribution is -2.16. The number of hydrogen-bond acceptors (Lipinski definition) is 2. The first kappa shape index (κ1) is 15.1. The van der Waals surface area contributed by atoms with Crippen LogP contribution in [0.3, 0.4) is 0 Å². The number of nitrogens with zero attached hydrogens (tertiary/aromatic N) is 1. The molecule has 21 heavy (non-hydrogen) atoms. The minimum Gasteiger partial charge on any atom is -0.481 e. The minimum atomic E-state index is -0.887. The standard InChI is InChI=1S/C15H15ClN2O3/c1-2-18-9-11(16)8-13(18)15(21)17-12-5-3-10(4-6-12)7-14(19)20/h3-6,8-9H,2,7H2,1H3,(H,17,21)(H,19,20). The maximum atomic E-state index is 12.2. The molecule has 0 spiro atoms. The van der Waals surface area contributed by atoms with Crippen LogP contribution in [0.2, 0.25) is 5.02 Å². The average Bonchev–Trinajstić information content (AvgIpc) is 2.82. The Hall–Kier alpha value is -2.27. The third-order valence-corrected chi connectivity index (χ3v) is 3.21. The van der Waals surface area contributed by atoms with Gasteiger partial charge in [0.1, 0.15) is 5.69 Å². The summed E-state index contributed by atoms with van der Waals surface area (Å²) in [5.74, 6) is -1.14. The van der Waals surface area contributed by atoms with E-state index >= 15 is 0 Å². The van der Waals surface area contributed by atoms with Gasteiger partial charge in [-0.05, 0) is 30.7 Å². The molecule has 110 valence electrons. The molecule has 2 rings (SSSR count). The van der Waals surface area contributed by atoms with Gasteiger partial charge in [0.15, 0.2) is 0 Å². The van der Waals surface area contributed by atoms with E-state index in [4.69, 9.17) is 16.7 Å². The number of anilines is 1. The Balaban J connectivity index is 2.10. The normalized spacial score (nSPS) is 10.4. The third-order valence-electron chi connectivity index (χ3n) is 3.00. The number of carbonyl (C=O) groups is 2. The number of aliphatic carboxylic acids is 1. The molecule has 0 bridgehead atoms. The fourth-order valence-electron chi connectivity index (χ4n) is 2.00. The first-order valence-electron chi connectivity index (χ1n) is 6.47. The van der Waals surface area contributed by atoms with Gasteiger partial charge in [0.2, 0.25) is 0 Å². The Kier molecular flexibility index (Phi) is 4.65. The summed E-state index contributed by atoms with van der Waals surface area (Å²) in [6.45, 7) is 2.57. The van der Waals surface area contributed by atoms with Crippen molar-refractivity contribution in [2.45, 2.75) is 19.9 Å². The number of hydrogen-bond donors (Lipinski definition) is 2. The molecule has 0 saturated heterocycles. The SMILES string of the molecule is CCn1cc(Cl)cc1C(=O)Nc1ccc(CC(=O)O)cc1. The number of rotatable bonds is 5. The summed E-state index contributed by atoms with van der Waals surface area (Å²) in [7, 11) is 0. The number of nitrogens with one attached hydrogen (secondary N) is 1. The average molecular weight is 307 g/mol. The molecule has 1 aromatic heterocycles. The molecule has 0 aliphatic heterocycles. The number of carboxylic acid groups (broad SMARTS) is 1. The molecule has 0 aliphatic carbocycles. The second kappa shape index (κ2) is 6.45. The van der Waals surface area contributed by atoms with Gasteiger partial charge in [-0.2, -0.15) is 0 Å². The van der Waals surface area contributed by atoms with Gasteiger partial charge in [-0.1, -0.05) is 23.7 Å². The molecule has 0 saturated carbocycles. The van der Waals surface area contributed by atoms with Crippen molar-refractivity contribution in [1.29, 1.82) is 0 Å². The van der Waals surface area contributed by atoms with Gasteiger partial charge in [-0.25, -0.2) is 0 Å². The van der Waals surface area contributed by atoms with Crippen molar-refractivity contribution in [3.8, 4) is 0 Å². The van der Waals surface area contributed by atoms with Gasteiger partial charge in [0, 0.05) is 18.4 Å². The van der Waals surface area contributed by atoms with Crippen LogP contribution in [0.4, 0.5) is 5.69 Å². The van der Waals surface area contributed by atoms with Gasteiger partial charge in [0.05, 0.1) is 11.4 Å². The molecule has 0 fully saturated rings. The second-order valence-corrected chi connectivity index (χ2v) is 4.99. The predicted octanol–water partition coefficient (Wildman–Crippen LogP) is 3.04. The van der Waals surface area contributed by atoms with E-state index in [9.17, 15) is 9.59 Å². The number of carboxylic acids is 1. The molecule has 0 radical (unpaired) electrons. The summed E-state index contributed by atoms with van der Waals surface area (Å²) >= 11 is 5.90. The van der Waals surface area contributed by atoms with Crippen molar-refractivity contribution in [3.63, 3.8) is 0 Å². The van der Waals surface area contributed by atoms with Crippen LogP contribution < -0.4 is 5.32 Å². The molecule has 0 aliphatic rings. The van der Waals surface area contributed by atoms with Crippen molar-refractivity contribution < 1.29 is 14.7 Å². The molecule has 1 aromatic carbocycles. The molecule has 0 unspecified atom stereocenters. The van der Waals surface area contributed by atoms with Crippen LogP contribution in [-0.4, -0.2) is 21.6 Å². The summed E-state index contributed by atoms with van der Waals surface area (Å²) in [5.41, 5.74) is 1.77. The monoisotopic (exact) mass is 306 g/mol. The summed E-state index contributed by atoms with van der Waals surface area (Å²) in [6.07, 6.45) is 1.66. The smallest absolute Gasteiger partial charge is 0.307 e. The van der Waals surface area contributed by atoms with Crippen LogP contribution in [0.25, 0.3) is 0 Å². The topological polar surface area (TPSA) is 71.3 Å². The van der Waals surface area contributed by atoms with Crippen molar-refractivity contribution in [3.05, 3.63) is 52.8 Å². The third kappa shape index (κ3) is 3.86. The molecule has 2 N–H and O–H groups in total. The van der Waals surface area contributed by atoms with Gasteiger partial charge in [-0.15, -0.1) is 0 Å². The van der Waals surface area contributed by atoms with E-state index in [0.29, 0.717) is 28.5 Å². The maximum absolute atomic E-state index is 12.2. The maximum Gasteiger partial charge on any atom is 0.307 e. The fourth-order valence-corrected chi connectivity index (χ4v) is 2.22. The molecule has 1 amide bonds. The van der Waals surface area contributed by atoms with E-state index in [1.807, 2.05) is 6.92 Å². The number of halogens is 1. The van der Waals surface area contributed by atoms with E-state index in [2.05, 4.69) is 5.32 Å². The Bertz CT molecular complexity index is 662. The quantitative estimate of drug-likeness (QED) is 0.892. The van der Waals surface area contributed by atoms with E-state index in [1.165, 1.54) is 0 Å². The molecule has 5 nitrogen and oxygen atoms in total. The number of aryl methyl sites for hydroxylation is 1. The van der Waals surface area contributed by atoms with Crippen molar-refractivity contribution >= 4 is 29.2 Å². The molecule has 0 atom stereocenters. The predicted molar refractivity (Wildman–Crippen MR) is 80.9 cm³/mol. The van der Waals surface area contributed by atoms with Crippen LogP contribution in [0.1, 0.15) is 23.0 Å². The lowest BCUT2D eigenvalue weighted by molar-refractivity contribution is -0.136. The first-order valence-corrected chi connectivity index (χ1v) is 6.85. The van der Waals surface area contributed by atoms with E-state index in [-0.39, 0.29) is 12.3 Å². The van der Waals surface area contributed by atoms with Crippen LogP contribution in [0.5, 0.6) is 0 Å². The Labute approximate surface area is 127 Å². The first-order chi connectivity index (χ1) is 9.99. The number of amides is 1. The number of carbonyl (C=O) groups excluding carboxylic acids is 1. The van der Waals surface area contributed by atoms with Gasteiger partial charge < -0.3 is 15.0 Å².